The summed E-state index contributed by atoms with van der Waals surface area (Å²) in [6.45, 7) is 4.44. The number of esters is 1. The molecule has 170 valence electrons. The Morgan fingerprint density at radius 3 is 2.66 bits per heavy atom. The maximum absolute atomic E-state index is 12.6. The van der Waals surface area contributed by atoms with Gasteiger partial charge in [0.15, 0.2) is 6.04 Å². The van der Waals surface area contributed by atoms with Crippen molar-refractivity contribution in [1.82, 2.24) is 4.90 Å². The third kappa shape index (κ3) is 5.16. The highest BCUT2D eigenvalue weighted by molar-refractivity contribution is 5.84. The van der Waals surface area contributed by atoms with Crippen molar-refractivity contribution < 1.29 is 28.7 Å². The van der Waals surface area contributed by atoms with Gasteiger partial charge < -0.3 is 14.2 Å². The minimum atomic E-state index is -0.910. The van der Waals surface area contributed by atoms with Crippen molar-refractivity contribution in [1.29, 1.82) is 0 Å². The third-order valence-corrected chi connectivity index (χ3v) is 5.12. The number of carbonyl (C=O) groups excluding carboxylic acids is 2. The zero-order valence-electron chi connectivity index (χ0n) is 18.3. The average molecular weight is 442 g/mol. The number of carbonyl (C=O) groups is 2. The lowest BCUT2D eigenvalue weighted by Gasteiger charge is -2.35. The van der Waals surface area contributed by atoms with Gasteiger partial charge in [-0.05, 0) is 41.7 Å². The maximum Gasteiger partial charge on any atom is 0.410 e. The molecule has 0 saturated carbocycles. The summed E-state index contributed by atoms with van der Waals surface area (Å²) < 4.78 is 16.0. The van der Waals surface area contributed by atoms with E-state index in [1.165, 1.54) is 18.1 Å². The van der Waals surface area contributed by atoms with Gasteiger partial charge >= 0.3 is 12.1 Å². The van der Waals surface area contributed by atoms with E-state index in [1.807, 2.05) is 13.8 Å². The standard InChI is InChI=1S/C23H26N2O7/c1-15(2)13-32-23(27)24-11-10-16-12-18(8-9-19(16)21(24)22(26)30-3)31-14-17-6-4-5-7-20(17)25(28)29/h4-9,12,15,21H,10-11,13-14H2,1-3H3. The van der Waals surface area contributed by atoms with Gasteiger partial charge in [0, 0.05) is 12.6 Å². The number of hydrogen-bond donors (Lipinski definition) is 0. The van der Waals surface area contributed by atoms with E-state index in [9.17, 15) is 19.7 Å². The van der Waals surface area contributed by atoms with Crippen LogP contribution in [0.5, 0.6) is 5.75 Å². The molecule has 0 saturated heterocycles. The Bertz CT molecular complexity index is 1010. The number of nitro groups is 1. The van der Waals surface area contributed by atoms with Gasteiger partial charge in [0.1, 0.15) is 12.4 Å². The van der Waals surface area contributed by atoms with Gasteiger partial charge in [-0.15, -0.1) is 0 Å². The lowest BCUT2D eigenvalue weighted by atomic mass is 9.92. The predicted octanol–water partition coefficient (Wildman–Crippen LogP) is 4.04. The number of fused-ring (bicyclic) bond motifs is 1. The molecule has 1 atom stereocenters. The van der Waals surface area contributed by atoms with Crippen LogP contribution < -0.4 is 4.74 Å². The minimum absolute atomic E-state index is 0.00762. The molecule has 1 amide bonds. The second kappa shape index (κ2) is 10.1. The summed E-state index contributed by atoms with van der Waals surface area (Å²) in [5.74, 6) is 0.134. The summed E-state index contributed by atoms with van der Waals surface area (Å²) in [5, 5.41) is 11.2. The van der Waals surface area contributed by atoms with E-state index in [4.69, 9.17) is 14.2 Å². The predicted molar refractivity (Wildman–Crippen MR) is 115 cm³/mol. The molecule has 0 aliphatic carbocycles. The molecule has 0 radical (unpaired) electrons. The number of para-hydroxylation sites is 1. The summed E-state index contributed by atoms with van der Waals surface area (Å²) in [7, 11) is 1.28. The Labute approximate surface area is 186 Å². The van der Waals surface area contributed by atoms with Gasteiger partial charge in [0.2, 0.25) is 0 Å². The Kier molecular flexibility index (Phi) is 7.29. The van der Waals surface area contributed by atoms with Crippen LogP contribution in [-0.4, -0.2) is 42.1 Å². The Morgan fingerprint density at radius 2 is 1.97 bits per heavy atom. The van der Waals surface area contributed by atoms with Gasteiger partial charge in [0.25, 0.3) is 5.69 Å². The van der Waals surface area contributed by atoms with Crippen LogP contribution in [0.1, 0.15) is 36.6 Å². The number of benzene rings is 2. The first-order chi connectivity index (χ1) is 15.3. The molecule has 32 heavy (non-hydrogen) atoms. The largest absolute Gasteiger partial charge is 0.489 e. The molecule has 1 heterocycles. The van der Waals surface area contributed by atoms with E-state index in [-0.39, 0.29) is 31.4 Å². The molecule has 0 aromatic heterocycles. The van der Waals surface area contributed by atoms with Gasteiger partial charge in [0.05, 0.1) is 24.2 Å². The number of amides is 1. The molecule has 9 heteroatoms. The fourth-order valence-electron chi connectivity index (χ4n) is 3.55. The SMILES string of the molecule is COC(=O)C1c2ccc(OCc3ccccc3[N+](=O)[O-])cc2CCN1C(=O)OCC(C)C. The van der Waals surface area contributed by atoms with Gasteiger partial charge in [-0.1, -0.05) is 32.0 Å². The van der Waals surface area contributed by atoms with Gasteiger partial charge in [-0.2, -0.15) is 0 Å². The number of hydrogen-bond acceptors (Lipinski definition) is 7. The first kappa shape index (κ1) is 23.1. The Balaban J connectivity index is 1.80. The fraction of sp³-hybridized carbons (Fsp3) is 0.391. The van der Waals surface area contributed by atoms with Crippen molar-refractivity contribution in [2.24, 2.45) is 5.92 Å². The monoisotopic (exact) mass is 442 g/mol. The fourth-order valence-corrected chi connectivity index (χ4v) is 3.55. The van der Waals surface area contributed by atoms with E-state index in [2.05, 4.69) is 0 Å². The van der Waals surface area contributed by atoms with Gasteiger partial charge in [-0.25, -0.2) is 9.59 Å². The van der Waals surface area contributed by atoms with Crippen molar-refractivity contribution >= 4 is 17.7 Å². The number of methoxy groups -OCH3 is 1. The molecule has 3 rings (SSSR count). The van der Waals surface area contributed by atoms with E-state index in [1.54, 1.807) is 36.4 Å². The molecule has 1 unspecified atom stereocenters. The van der Waals surface area contributed by atoms with Crippen molar-refractivity contribution in [2.45, 2.75) is 32.9 Å². The maximum atomic E-state index is 12.6. The summed E-state index contributed by atoms with van der Waals surface area (Å²) in [6, 6.07) is 10.7. The van der Waals surface area contributed by atoms with Crippen LogP contribution in [0.2, 0.25) is 0 Å². The van der Waals surface area contributed by atoms with Crippen LogP contribution in [0, 0.1) is 16.0 Å². The summed E-state index contributed by atoms with van der Waals surface area (Å²) in [5.41, 5.74) is 1.93. The molecule has 0 fully saturated rings. The quantitative estimate of drug-likeness (QED) is 0.362. The number of ether oxygens (including phenoxy) is 3. The zero-order valence-corrected chi connectivity index (χ0v) is 18.3. The molecule has 9 nitrogen and oxygen atoms in total. The molecule has 0 N–H and O–H groups in total. The van der Waals surface area contributed by atoms with E-state index in [0.29, 0.717) is 23.3 Å². The topological polar surface area (TPSA) is 108 Å². The van der Waals surface area contributed by atoms with Crippen molar-refractivity contribution in [3.05, 3.63) is 69.3 Å². The van der Waals surface area contributed by atoms with Crippen molar-refractivity contribution in [2.75, 3.05) is 20.3 Å². The first-order valence-electron chi connectivity index (χ1n) is 10.3. The number of nitrogens with zero attached hydrogens (tertiary/aromatic N) is 2. The molecule has 2 aromatic rings. The van der Waals surface area contributed by atoms with Crippen molar-refractivity contribution in [3.63, 3.8) is 0 Å². The van der Waals surface area contributed by atoms with Crippen LogP contribution in [0.25, 0.3) is 0 Å². The lowest BCUT2D eigenvalue weighted by Crippen LogP contribution is -2.44. The molecule has 1 aliphatic heterocycles. The molecular formula is C23H26N2O7. The normalized spacial score (nSPS) is 15.1. The summed E-state index contributed by atoms with van der Waals surface area (Å²) in [6.07, 6.45) is -0.0566. The van der Waals surface area contributed by atoms with Crippen LogP contribution in [0.3, 0.4) is 0 Å². The van der Waals surface area contributed by atoms with E-state index < -0.39 is 23.0 Å². The van der Waals surface area contributed by atoms with Crippen LogP contribution in [0.15, 0.2) is 42.5 Å². The molecule has 0 spiro atoms. The third-order valence-electron chi connectivity index (χ3n) is 5.12. The zero-order chi connectivity index (χ0) is 23.3. The highest BCUT2D eigenvalue weighted by Gasteiger charge is 2.38. The molecule has 1 aliphatic rings. The Morgan fingerprint density at radius 1 is 1.22 bits per heavy atom. The summed E-state index contributed by atoms with van der Waals surface area (Å²) in [4.78, 5) is 37.2. The smallest absolute Gasteiger partial charge is 0.410 e. The molecule has 0 bridgehead atoms. The van der Waals surface area contributed by atoms with E-state index in [0.717, 1.165) is 5.56 Å². The second-order valence-electron chi connectivity index (χ2n) is 7.87. The molecule has 2 aromatic carbocycles. The first-order valence-corrected chi connectivity index (χ1v) is 10.3. The second-order valence-corrected chi connectivity index (χ2v) is 7.87. The summed E-state index contributed by atoms with van der Waals surface area (Å²) >= 11 is 0. The van der Waals surface area contributed by atoms with Gasteiger partial charge in [-0.3, -0.25) is 15.0 Å². The van der Waals surface area contributed by atoms with Crippen LogP contribution in [0.4, 0.5) is 10.5 Å². The lowest BCUT2D eigenvalue weighted by molar-refractivity contribution is -0.385. The minimum Gasteiger partial charge on any atom is -0.489 e. The Hall–Kier alpha value is -3.62. The molecular weight excluding hydrogens is 416 g/mol. The number of rotatable bonds is 7. The van der Waals surface area contributed by atoms with Crippen LogP contribution >= 0.6 is 0 Å². The van der Waals surface area contributed by atoms with E-state index >= 15 is 0 Å². The number of nitro benzene ring substituents is 1. The van der Waals surface area contributed by atoms with Crippen molar-refractivity contribution in [3.8, 4) is 5.75 Å². The highest BCUT2D eigenvalue weighted by Crippen LogP contribution is 2.34. The highest BCUT2D eigenvalue weighted by atomic mass is 16.6. The van der Waals surface area contributed by atoms with Crippen LogP contribution in [-0.2, 0) is 27.3 Å². The average Bonchev–Trinajstić information content (AvgIpc) is 2.79.